The predicted octanol–water partition coefficient (Wildman–Crippen LogP) is 2.76. The van der Waals surface area contributed by atoms with Gasteiger partial charge < -0.3 is 11.5 Å². The van der Waals surface area contributed by atoms with Crippen LogP contribution in [-0.4, -0.2) is 6.54 Å². The van der Waals surface area contributed by atoms with Gasteiger partial charge in [0.1, 0.15) is 0 Å². The zero-order valence-electron chi connectivity index (χ0n) is 7.54. The minimum absolute atomic E-state index is 0. The largest absolute Gasteiger partial charge is 0.330 e. The van der Waals surface area contributed by atoms with Crippen molar-refractivity contribution in [1.82, 2.24) is 0 Å². The minimum Gasteiger partial charge on any atom is -0.330 e. The van der Waals surface area contributed by atoms with Gasteiger partial charge in [0.15, 0.2) is 0 Å². The second kappa shape index (κ2) is 6.49. The maximum absolute atomic E-state index is 5.84. The fourth-order valence-electron chi connectivity index (χ4n) is 1.09. The van der Waals surface area contributed by atoms with E-state index in [2.05, 4.69) is 0 Å². The van der Waals surface area contributed by atoms with Crippen molar-refractivity contribution < 1.29 is 0 Å². The Morgan fingerprint density at radius 3 is 2.36 bits per heavy atom. The molecule has 2 nitrogen and oxygen atoms in total. The standard InChI is InChI=1S/C9H12Cl2N2.ClH/c10-7-2-1-6(5-8(7)11)9(13)3-4-12;/h1-2,5,9H,3-4,12-13H2;1H/t9-;/m0./s1. The molecule has 0 spiro atoms. The summed E-state index contributed by atoms with van der Waals surface area (Å²) >= 11 is 11.6. The Kier molecular flexibility index (Phi) is 6.49. The number of hydrogen-bond acceptors (Lipinski definition) is 2. The predicted molar refractivity (Wildman–Crippen MR) is 64.3 cm³/mol. The maximum atomic E-state index is 5.84. The molecule has 14 heavy (non-hydrogen) atoms. The molecule has 1 atom stereocenters. The molecule has 0 radical (unpaired) electrons. The maximum Gasteiger partial charge on any atom is 0.0595 e. The van der Waals surface area contributed by atoms with Crippen LogP contribution in [0.3, 0.4) is 0 Å². The van der Waals surface area contributed by atoms with Gasteiger partial charge in [-0.2, -0.15) is 0 Å². The zero-order valence-corrected chi connectivity index (χ0v) is 9.87. The van der Waals surface area contributed by atoms with Gasteiger partial charge in [0, 0.05) is 6.04 Å². The molecule has 0 aliphatic carbocycles. The van der Waals surface area contributed by atoms with Crippen molar-refractivity contribution in [3.8, 4) is 0 Å². The van der Waals surface area contributed by atoms with Gasteiger partial charge in [-0.25, -0.2) is 0 Å². The summed E-state index contributed by atoms with van der Waals surface area (Å²) in [6, 6.07) is 5.34. The molecule has 0 saturated heterocycles. The summed E-state index contributed by atoms with van der Waals surface area (Å²) in [5, 5.41) is 1.08. The second-order valence-corrected chi connectivity index (χ2v) is 3.67. The Hall–Kier alpha value is 0.01000. The molecule has 0 aromatic heterocycles. The third-order valence-corrected chi connectivity index (χ3v) is 2.59. The number of hydrogen-bond donors (Lipinski definition) is 2. The lowest BCUT2D eigenvalue weighted by Crippen LogP contribution is -2.15. The molecule has 1 rings (SSSR count). The summed E-state index contributed by atoms with van der Waals surface area (Å²) in [7, 11) is 0. The molecule has 1 aromatic rings. The van der Waals surface area contributed by atoms with E-state index in [9.17, 15) is 0 Å². The highest BCUT2D eigenvalue weighted by Gasteiger charge is 2.06. The lowest BCUT2D eigenvalue weighted by atomic mass is 10.1. The van der Waals surface area contributed by atoms with Crippen molar-refractivity contribution in [2.45, 2.75) is 12.5 Å². The highest BCUT2D eigenvalue weighted by molar-refractivity contribution is 6.42. The van der Waals surface area contributed by atoms with E-state index < -0.39 is 0 Å². The minimum atomic E-state index is -0.0558. The van der Waals surface area contributed by atoms with Crippen molar-refractivity contribution in [2.75, 3.05) is 6.54 Å². The molecule has 0 heterocycles. The van der Waals surface area contributed by atoms with Crippen molar-refractivity contribution in [1.29, 1.82) is 0 Å². The van der Waals surface area contributed by atoms with Gasteiger partial charge in [-0.15, -0.1) is 12.4 Å². The number of rotatable bonds is 3. The van der Waals surface area contributed by atoms with Gasteiger partial charge in [0.2, 0.25) is 0 Å². The Balaban J connectivity index is 0.00000169. The van der Waals surface area contributed by atoms with E-state index in [1.165, 1.54) is 0 Å². The summed E-state index contributed by atoms with van der Waals surface area (Å²) in [6.07, 6.45) is 0.748. The van der Waals surface area contributed by atoms with Gasteiger partial charge in [-0.1, -0.05) is 29.3 Å². The van der Waals surface area contributed by atoms with Crippen LogP contribution in [0.25, 0.3) is 0 Å². The third kappa shape index (κ3) is 3.64. The van der Waals surface area contributed by atoms with Crippen molar-refractivity contribution in [3.63, 3.8) is 0 Å². The Bertz CT molecular complexity index is 291. The van der Waals surface area contributed by atoms with Crippen LogP contribution >= 0.6 is 35.6 Å². The highest BCUT2D eigenvalue weighted by atomic mass is 35.5. The molecular formula is C9H13Cl3N2. The van der Waals surface area contributed by atoms with Crippen molar-refractivity contribution >= 4 is 35.6 Å². The number of nitrogens with two attached hydrogens (primary N) is 2. The van der Waals surface area contributed by atoms with Crippen LogP contribution in [0.5, 0.6) is 0 Å². The van der Waals surface area contributed by atoms with Crippen LogP contribution in [0.2, 0.25) is 10.0 Å². The first kappa shape index (κ1) is 14.0. The van der Waals surface area contributed by atoms with E-state index in [1.54, 1.807) is 12.1 Å². The first-order chi connectivity index (χ1) is 6.15. The first-order valence-electron chi connectivity index (χ1n) is 4.05. The Labute approximate surface area is 100.0 Å². The van der Waals surface area contributed by atoms with E-state index >= 15 is 0 Å². The molecule has 0 aliphatic rings. The summed E-state index contributed by atoms with van der Waals surface area (Å²) in [5.74, 6) is 0. The lowest BCUT2D eigenvalue weighted by Gasteiger charge is -2.10. The van der Waals surface area contributed by atoms with E-state index in [-0.39, 0.29) is 18.4 Å². The van der Waals surface area contributed by atoms with Gasteiger partial charge in [0.05, 0.1) is 10.0 Å². The summed E-state index contributed by atoms with van der Waals surface area (Å²) < 4.78 is 0. The summed E-state index contributed by atoms with van der Waals surface area (Å²) in [6.45, 7) is 0.571. The summed E-state index contributed by atoms with van der Waals surface area (Å²) in [4.78, 5) is 0. The Morgan fingerprint density at radius 2 is 1.86 bits per heavy atom. The molecule has 0 unspecified atom stereocenters. The van der Waals surface area contributed by atoms with Gasteiger partial charge >= 0.3 is 0 Å². The van der Waals surface area contributed by atoms with Crippen molar-refractivity contribution in [3.05, 3.63) is 33.8 Å². The van der Waals surface area contributed by atoms with Crippen LogP contribution in [0, 0.1) is 0 Å². The van der Waals surface area contributed by atoms with Crippen molar-refractivity contribution in [2.24, 2.45) is 11.5 Å². The van der Waals surface area contributed by atoms with E-state index in [1.807, 2.05) is 6.07 Å². The van der Waals surface area contributed by atoms with Gasteiger partial charge in [-0.3, -0.25) is 0 Å². The highest BCUT2D eigenvalue weighted by Crippen LogP contribution is 2.25. The molecule has 0 bridgehead atoms. The summed E-state index contributed by atoms with van der Waals surface area (Å²) in [5.41, 5.74) is 12.2. The molecule has 0 amide bonds. The van der Waals surface area contributed by atoms with E-state index in [0.717, 1.165) is 12.0 Å². The molecule has 0 saturated carbocycles. The fraction of sp³-hybridized carbons (Fsp3) is 0.333. The van der Waals surface area contributed by atoms with Crippen LogP contribution in [0.4, 0.5) is 0 Å². The van der Waals surface area contributed by atoms with Crippen LogP contribution in [-0.2, 0) is 0 Å². The normalized spacial score (nSPS) is 12.0. The zero-order chi connectivity index (χ0) is 9.84. The quantitative estimate of drug-likeness (QED) is 0.873. The SMILES string of the molecule is Cl.NCC[C@H](N)c1ccc(Cl)c(Cl)c1. The first-order valence-corrected chi connectivity index (χ1v) is 4.81. The fourth-order valence-corrected chi connectivity index (χ4v) is 1.40. The van der Waals surface area contributed by atoms with Crippen LogP contribution in [0.15, 0.2) is 18.2 Å². The average molecular weight is 256 g/mol. The Morgan fingerprint density at radius 1 is 1.21 bits per heavy atom. The number of halogens is 3. The molecular weight excluding hydrogens is 242 g/mol. The van der Waals surface area contributed by atoms with E-state index in [4.69, 9.17) is 34.7 Å². The topological polar surface area (TPSA) is 52.0 Å². The smallest absolute Gasteiger partial charge is 0.0595 e. The molecule has 0 aliphatic heterocycles. The molecule has 5 heteroatoms. The molecule has 0 fully saturated rings. The van der Waals surface area contributed by atoms with Crippen LogP contribution < -0.4 is 11.5 Å². The van der Waals surface area contributed by atoms with E-state index in [0.29, 0.717) is 16.6 Å². The van der Waals surface area contributed by atoms with Crippen LogP contribution in [0.1, 0.15) is 18.0 Å². The number of benzene rings is 1. The molecule has 4 N–H and O–H groups in total. The van der Waals surface area contributed by atoms with Gasteiger partial charge in [-0.05, 0) is 30.7 Å². The monoisotopic (exact) mass is 254 g/mol. The second-order valence-electron chi connectivity index (χ2n) is 2.86. The third-order valence-electron chi connectivity index (χ3n) is 1.85. The average Bonchev–Trinajstić information content (AvgIpc) is 2.10. The van der Waals surface area contributed by atoms with Gasteiger partial charge in [0.25, 0.3) is 0 Å². The molecule has 1 aromatic carbocycles. The lowest BCUT2D eigenvalue weighted by molar-refractivity contribution is 0.661. The molecule has 80 valence electrons.